The summed E-state index contributed by atoms with van der Waals surface area (Å²) in [6.07, 6.45) is 5.76. The summed E-state index contributed by atoms with van der Waals surface area (Å²) in [5, 5.41) is 6.77. The summed E-state index contributed by atoms with van der Waals surface area (Å²) in [6, 6.07) is 19.1. The average molecular weight is 567 g/mol. The van der Waals surface area contributed by atoms with Crippen LogP contribution in [0.25, 0.3) is 21.3 Å². The summed E-state index contributed by atoms with van der Waals surface area (Å²) in [5.74, 6) is -0.339. The molecular weight excluding hydrogens is 536 g/mol. The van der Waals surface area contributed by atoms with Gasteiger partial charge in [-0.05, 0) is 49.8 Å². The van der Waals surface area contributed by atoms with E-state index in [2.05, 4.69) is 15.6 Å². The molecule has 2 aromatic heterocycles. The molecule has 0 aliphatic carbocycles. The molecule has 2 aromatic carbocycles. The first kappa shape index (κ1) is 26.7. The molecule has 0 radical (unpaired) electrons. The maximum absolute atomic E-state index is 13.5. The summed E-state index contributed by atoms with van der Waals surface area (Å²) in [7, 11) is 3.89. The Kier molecular flexibility index (Phi) is 7.25. The molecule has 6 rings (SSSR count). The van der Waals surface area contributed by atoms with Crippen molar-refractivity contribution in [2.75, 3.05) is 43.9 Å². The second-order valence-electron chi connectivity index (χ2n) is 10.4. The van der Waals surface area contributed by atoms with Crippen molar-refractivity contribution in [1.29, 1.82) is 0 Å². The van der Waals surface area contributed by atoms with Crippen LogP contribution in [-0.4, -0.2) is 72.4 Å². The van der Waals surface area contributed by atoms with Gasteiger partial charge < -0.3 is 20.4 Å². The Morgan fingerprint density at radius 1 is 1.12 bits per heavy atom. The summed E-state index contributed by atoms with van der Waals surface area (Å²) in [5.41, 5.74) is 3.92. The Bertz CT molecular complexity index is 1670. The van der Waals surface area contributed by atoms with Gasteiger partial charge in [-0.3, -0.25) is 14.5 Å². The van der Waals surface area contributed by atoms with Crippen LogP contribution < -0.4 is 15.5 Å². The van der Waals surface area contributed by atoms with Crippen molar-refractivity contribution < 1.29 is 14.4 Å². The number of urea groups is 1. The lowest BCUT2D eigenvalue weighted by Gasteiger charge is -2.28. The molecule has 2 aliphatic heterocycles. The van der Waals surface area contributed by atoms with Crippen LogP contribution in [0.3, 0.4) is 0 Å². The normalized spacial score (nSPS) is 16.6. The lowest BCUT2D eigenvalue weighted by Crippen LogP contribution is -2.39. The van der Waals surface area contributed by atoms with Gasteiger partial charge >= 0.3 is 6.03 Å². The minimum Gasteiger partial charge on any atom is -0.347 e. The third kappa shape index (κ3) is 5.31. The van der Waals surface area contributed by atoms with E-state index in [4.69, 9.17) is 0 Å². The molecule has 2 aliphatic rings. The lowest BCUT2D eigenvalue weighted by atomic mass is 10.0. The van der Waals surface area contributed by atoms with Gasteiger partial charge in [0.25, 0.3) is 5.91 Å². The first-order chi connectivity index (χ1) is 19.9. The van der Waals surface area contributed by atoms with E-state index in [9.17, 15) is 14.4 Å². The highest BCUT2D eigenvalue weighted by Gasteiger charge is 2.34. The molecule has 2 N–H and O–H groups in total. The molecule has 0 bridgehead atoms. The average Bonchev–Trinajstić information content (AvgIpc) is 3.59. The number of aromatic nitrogens is 1. The van der Waals surface area contributed by atoms with Gasteiger partial charge in [0.1, 0.15) is 9.71 Å². The lowest BCUT2D eigenvalue weighted by molar-refractivity contribution is -0.125. The highest BCUT2D eigenvalue weighted by atomic mass is 32.1. The fourth-order valence-corrected chi connectivity index (χ4v) is 6.28. The highest BCUT2D eigenvalue weighted by Crippen LogP contribution is 2.46. The van der Waals surface area contributed by atoms with Crippen molar-refractivity contribution in [2.24, 2.45) is 0 Å². The molecule has 0 spiro atoms. The summed E-state index contributed by atoms with van der Waals surface area (Å²) >= 11 is 1.25. The Morgan fingerprint density at radius 3 is 2.73 bits per heavy atom. The van der Waals surface area contributed by atoms with Gasteiger partial charge in [0.2, 0.25) is 5.91 Å². The van der Waals surface area contributed by atoms with Gasteiger partial charge in [-0.15, -0.1) is 11.3 Å². The van der Waals surface area contributed by atoms with Crippen LogP contribution in [-0.2, 0) is 4.79 Å². The second-order valence-corrected chi connectivity index (χ2v) is 11.4. The monoisotopic (exact) mass is 566 g/mol. The summed E-state index contributed by atoms with van der Waals surface area (Å²) in [4.78, 5) is 50.4. The van der Waals surface area contributed by atoms with Crippen molar-refractivity contribution >= 4 is 56.5 Å². The van der Waals surface area contributed by atoms with Crippen LogP contribution in [0.2, 0.25) is 0 Å². The Morgan fingerprint density at radius 2 is 1.93 bits per heavy atom. The second kappa shape index (κ2) is 11.1. The summed E-state index contributed by atoms with van der Waals surface area (Å²) in [6.45, 7) is 1.71. The zero-order valence-electron chi connectivity index (χ0n) is 22.8. The first-order valence-electron chi connectivity index (χ1n) is 13.5. The van der Waals surface area contributed by atoms with Crippen LogP contribution in [0, 0.1) is 0 Å². The van der Waals surface area contributed by atoms with Crippen LogP contribution in [0.5, 0.6) is 0 Å². The Hall–Kier alpha value is -4.54. The fraction of sp³-hybridized carbons (Fsp3) is 0.226. The van der Waals surface area contributed by atoms with E-state index in [1.54, 1.807) is 28.1 Å². The van der Waals surface area contributed by atoms with Crippen molar-refractivity contribution in [3.8, 4) is 11.1 Å². The van der Waals surface area contributed by atoms with Gasteiger partial charge in [-0.2, -0.15) is 0 Å². The Labute approximate surface area is 242 Å². The van der Waals surface area contributed by atoms with E-state index in [0.717, 1.165) is 22.2 Å². The molecular formula is C31H30N6O3S. The van der Waals surface area contributed by atoms with Gasteiger partial charge in [-0.25, -0.2) is 9.78 Å². The third-order valence-corrected chi connectivity index (χ3v) is 8.33. The molecule has 10 heteroatoms. The smallest absolute Gasteiger partial charge is 0.331 e. The third-order valence-electron chi connectivity index (χ3n) is 7.23. The molecule has 1 unspecified atom stereocenters. The molecule has 4 heterocycles. The number of benzene rings is 2. The van der Waals surface area contributed by atoms with Crippen molar-refractivity contribution in [3.63, 3.8) is 0 Å². The van der Waals surface area contributed by atoms with E-state index in [0.29, 0.717) is 47.1 Å². The van der Waals surface area contributed by atoms with Gasteiger partial charge in [-0.1, -0.05) is 48.5 Å². The van der Waals surface area contributed by atoms with Crippen LogP contribution in [0.4, 0.5) is 21.9 Å². The number of rotatable bonds is 7. The molecule has 1 atom stereocenters. The maximum atomic E-state index is 13.5. The molecule has 4 aromatic rings. The zero-order valence-corrected chi connectivity index (χ0v) is 23.6. The minimum absolute atomic E-state index is 0.0573. The van der Waals surface area contributed by atoms with E-state index in [1.807, 2.05) is 79.7 Å². The van der Waals surface area contributed by atoms with Crippen LogP contribution in [0.15, 0.2) is 79.0 Å². The van der Waals surface area contributed by atoms with Crippen LogP contribution >= 0.6 is 11.3 Å². The molecule has 0 saturated carbocycles. The van der Waals surface area contributed by atoms with Gasteiger partial charge in [0.15, 0.2) is 0 Å². The number of likely N-dealkylation sites (N-methyl/N-ethyl adjacent to an activating group) is 1. The number of amides is 4. The molecule has 4 amide bonds. The standard InChI is InChI=1S/C31H30N6O3S/c1-35(2)16-7-12-25(38)36-17-14-22(19-36)33-29(39)28-27-26-24(13-15-32-30(26)41-28)37(31(40)34-27)23-11-6-10-21(18-23)20-8-4-3-5-9-20/h3-13,15,18,22H,14,16-17,19H2,1-2H3,(H,33,39)(H,34,40). The van der Waals surface area contributed by atoms with E-state index >= 15 is 0 Å². The van der Waals surface area contributed by atoms with E-state index in [1.165, 1.54) is 11.3 Å². The largest absolute Gasteiger partial charge is 0.347 e. The van der Waals surface area contributed by atoms with E-state index in [-0.39, 0.29) is 23.9 Å². The number of carbonyl (C=O) groups is 3. The quantitative estimate of drug-likeness (QED) is 0.304. The van der Waals surface area contributed by atoms with Crippen molar-refractivity contribution in [3.05, 3.63) is 83.9 Å². The first-order valence-corrected chi connectivity index (χ1v) is 14.3. The molecule has 9 nitrogen and oxygen atoms in total. The van der Waals surface area contributed by atoms with Gasteiger partial charge in [0.05, 0.1) is 22.4 Å². The molecule has 1 saturated heterocycles. The SMILES string of the molecule is CN(C)CC=CC(=O)N1CCC(NC(=O)c2sc3nccc4c3c2NC(=O)N4c2cccc(-c3ccccc3)c2)C1. The van der Waals surface area contributed by atoms with Crippen molar-refractivity contribution in [1.82, 2.24) is 20.1 Å². The number of hydrogen-bond acceptors (Lipinski definition) is 6. The summed E-state index contributed by atoms with van der Waals surface area (Å²) < 4.78 is 0. The predicted octanol–water partition coefficient (Wildman–Crippen LogP) is 5.10. The number of anilines is 3. The maximum Gasteiger partial charge on any atom is 0.331 e. The zero-order chi connectivity index (χ0) is 28.5. The van der Waals surface area contributed by atoms with Crippen LogP contribution in [0.1, 0.15) is 16.1 Å². The topological polar surface area (TPSA) is 97.9 Å². The number of thiophene rings is 1. The Balaban J connectivity index is 1.24. The predicted molar refractivity (Wildman–Crippen MR) is 163 cm³/mol. The fourth-order valence-electron chi connectivity index (χ4n) is 5.25. The van der Waals surface area contributed by atoms with Gasteiger partial charge in [0, 0.05) is 37.9 Å². The molecule has 41 heavy (non-hydrogen) atoms. The number of nitrogens with one attached hydrogen (secondary N) is 2. The number of pyridine rings is 1. The molecule has 1 fully saturated rings. The number of hydrogen-bond donors (Lipinski definition) is 2. The number of nitrogens with zero attached hydrogens (tertiary/aromatic N) is 4. The highest BCUT2D eigenvalue weighted by molar-refractivity contribution is 7.21. The minimum atomic E-state index is -0.343. The number of carbonyl (C=O) groups excluding carboxylic acids is 3. The molecule has 208 valence electrons. The number of likely N-dealkylation sites (tertiary alicyclic amines) is 1. The van der Waals surface area contributed by atoms with Crippen molar-refractivity contribution in [2.45, 2.75) is 12.5 Å². The van der Waals surface area contributed by atoms with E-state index < -0.39 is 0 Å².